The summed E-state index contributed by atoms with van der Waals surface area (Å²) in [5, 5.41) is 2.96. The van der Waals surface area contributed by atoms with E-state index in [-0.39, 0.29) is 24.8 Å². The molecule has 2 aromatic carbocycles. The minimum absolute atomic E-state index is 0.152. The minimum Gasteiger partial charge on any atom is -0.497 e. The fourth-order valence-electron chi connectivity index (χ4n) is 3.00. The molecule has 0 spiro atoms. The molecule has 0 aliphatic rings. The van der Waals surface area contributed by atoms with E-state index in [2.05, 4.69) is 19.2 Å². The lowest BCUT2D eigenvalue weighted by molar-refractivity contribution is -0.117. The Labute approximate surface area is 166 Å². The van der Waals surface area contributed by atoms with E-state index in [0.717, 1.165) is 11.3 Å². The van der Waals surface area contributed by atoms with Crippen molar-refractivity contribution in [3.63, 3.8) is 0 Å². The first-order chi connectivity index (χ1) is 13.4. The Morgan fingerprint density at radius 1 is 1.07 bits per heavy atom. The molecule has 6 heteroatoms. The summed E-state index contributed by atoms with van der Waals surface area (Å²) in [6.45, 7) is 5.86. The zero-order chi connectivity index (χ0) is 20.7. The summed E-state index contributed by atoms with van der Waals surface area (Å²) in [6, 6.07) is 13.0. The molecule has 0 aliphatic carbocycles. The summed E-state index contributed by atoms with van der Waals surface area (Å²) in [4.78, 5) is 26.3. The fraction of sp³-hybridized carbons (Fsp3) is 0.364. The second kappa shape index (κ2) is 9.78. The molecular formula is C22H28N2O4. The third kappa shape index (κ3) is 5.25. The van der Waals surface area contributed by atoms with Gasteiger partial charge in [-0.15, -0.1) is 0 Å². The van der Waals surface area contributed by atoms with Gasteiger partial charge in [0.2, 0.25) is 11.8 Å². The summed E-state index contributed by atoms with van der Waals surface area (Å²) in [5.74, 6) is 1.12. The normalized spacial score (nSPS) is 10.5. The van der Waals surface area contributed by atoms with Gasteiger partial charge in [-0.25, -0.2) is 0 Å². The van der Waals surface area contributed by atoms with Crippen molar-refractivity contribution in [2.24, 2.45) is 0 Å². The predicted octanol–water partition coefficient (Wildman–Crippen LogP) is 4.21. The molecule has 0 radical (unpaired) electrons. The highest BCUT2D eigenvalue weighted by atomic mass is 16.5. The molecule has 0 bridgehead atoms. The number of hydrogen-bond acceptors (Lipinski definition) is 4. The van der Waals surface area contributed by atoms with Gasteiger partial charge >= 0.3 is 0 Å². The molecule has 1 N–H and O–H groups in total. The van der Waals surface area contributed by atoms with E-state index in [1.54, 1.807) is 32.4 Å². The molecule has 0 heterocycles. The van der Waals surface area contributed by atoms with Gasteiger partial charge in [0.15, 0.2) is 0 Å². The van der Waals surface area contributed by atoms with Gasteiger partial charge in [-0.05, 0) is 29.7 Å². The van der Waals surface area contributed by atoms with Gasteiger partial charge in [-0.2, -0.15) is 0 Å². The number of nitrogens with one attached hydrogen (secondary N) is 1. The van der Waals surface area contributed by atoms with Gasteiger partial charge in [0.25, 0.3) is 0 Å². The number of methoxy groups -OCH3 is 2. The molecule has 0 aliphatic heterocycles. The lowest BCUT2D eigenvalue weighted by Crippen LogP contribution is -2.32. The van der Waals surface area contributed by atoms with E-state index in [0.29, 0.717) is 23.1 Å². The van der Waals surface area contributed by atoms with Crippen LogP contribution in [0.15, 0.2) is 42.5 Å². The van der Waals surface area contributed by atoms with E-state index < -0.39 is 0 Å². The highest BCUT2D eigenvalue weighted by Crippen LogP contribution is 2.32. The van der Waals surface area contributed by atoms with E-state index in [9.17, 15) is 9.59 Å². The average molecular weight is 384 g/mol. The Bertz CT molecular complexity index is 833. The first-order valence-corrected chi connectivity index (χ1v) is 9.26. The second-order valence-corrected chi connectivity index (χ2v) is 6.75. The van der Waals surface area contributed by atoms with Gasteiger partial charge in [0, 0.05) is 31.6 Å². The topological polar surface area (TPSA) is 67.9 Å². The summed E-state index contributed by atoms with van der Waals surface area (Å²) in [6.07, 6.45) is 0.159. The molecule has 2 amide bonds. The maximum absolute atomic E-state index is 12.5. The molecular weight excluding hydrogens is 356 g/mol. The number of amides is 2. The molecule has 0 atom stereocenters. The summed E-state index contributed by atoms with van der Waals surface area (Å²) < 4.78 is 10.6. The quantitative estimate of drug-likeness (QED) is 0.740. The largest absolute Gasteiger partial charge is 0.497 e. The SMILES string of the molecule is COc1ccc(OC)c(N(CCC(=O)Nc2ccccc2C(C)C)C(C)=O)c1. The standard InChI is InChI=1S/C22H28N2O4/c1-15(2)18-8-6-7-9-19(18)23-22(26)12-13-24(16(3)25)20-14-17(27-4)10-11-21(20)28-5/h6-11,14-15H,12-13H2,1-5H3,(H,23,26). The van der Waals surface area contributed by atoms with Crippen LogP contribution in [0.4, 0.5) is 11.4 Å². The van der Waals surface area contributed by atoms with Gasteiger partial charge in [0.1, 0.15) is 11.5 Å². The predicted molar refractivity (Wildman–Crippen MR) is 111 cm³/mol. The summed E-state index contributed by atoms with van der Waals surface area (Å²) in [7, 11) is 3.10. The van der Waals surface area contributed by atoms with Gasteiger partial charge in [0.05, 0.1) is 19.9 Å². The molecule has 28 heavy (non-hydrogen) atoms. The van der Waals surface area contributed by atoms with Crippen LogP contribution in [0.25, 0.3) is 0 Å². The van der Waals surface area contributed by atoms with Crippen molar-refractivity contribution in [2.45, 2.75) is 33.1 Å². The zero-order valence-corrected chi connectivity index (χ0v) is 17.1. The number of ether oxygens (including phenoxy) is 2. The van der Waals surface area contributed by atoms with Crippen molar-refractivity contribution in [2.75, 3.05) is 31.0 Å². The Morgan fingerprint density at radius 3 is 2.39 bits per heavy atom. The molecule has 2 aromatic rings. The number of hydrogen-bond donors (Lipinski definition) is 1. The van der Waals surface area contributed by atoms with Crippen LogP contribution in [0.5, 0.6) is 11.5 Å². The third-order valence-corrected chi connectivity index (χ3v) is 4.48. The summed E-state index contributed by atoms with van der Waals surface area (Å²) in [5.41, 5.74) is 2.45. The minimum atomic E-state index is -0.179. The highest BCUT2D eigenvalue weighted by molar-refractivity contribution is 5.96. The fourth-order valence-corrected chi connectivity index (χ4v) is 3.00. The monoisotopic (exact) mass is 384 g/mol. The van der Waals surface area contributed by atoms with E-state index >= 15 is 0 Å². The van der Waals surface area contributed by atoms with Crippen molar-refractivity contribution >= 4 is 23.2 Å². The van der Waals surface area contributed by atoms with Crippen LogP contribution in [0.2, 0.25) is 0 Å². The smallest absolute Gasteiger partial charge is 0.226 e. The Hall–Kier alpha value is -3.02. The molecule has 0 unspecified atom stereocenters. The number of para-hydroxylation sites is 1. The molecule has 0 saturated heterocycles. The average Bonchev–Trinajstić information content (AvgIpc) is 2.67. The van der Waals surface area contributed by atoms with Crippen molar-refractivity contribution in [3.05, 3.63) is 48.0 Å². The Balaban J connectivity index is 2.14. The Morgan fingerprint density at radius 2 is 1.79 bits per heavy atom. The number of nitrogens with zero attached hydrogens (tertiary/aromatic N) is 1. The third-order valence-electron chi connectivity index (χ3n) is 4.48. The van der Waals surface area contributed by atoms with E-state index in [1.165, 1.54) is 11.8 Å². The summed E-state index contributed by atoms with van der Waals surface area (Å²) >= 11 is 0. The molecule has 6 nitrogen and oxygen atoms in total. The first kappa shape index (κ1) is 21.3. The zero-order valence-electron chi connectivity index (χ0n) is 17.1. The van der Waals surface area contributed by atoms with Crippen LogP contribution < -0.4 is 19.7 Å². The van der Waals surface area contributed by atoms with Gasteiger partial charge in [-0.3, -0.25) is 9.59 Å². The highest BCUT2D eigenvalue weighted by Gasteiger charge is 2.19. The van der Waals surface area contributed by atoms with E-state index in [1.807, 2.05) is 24.3 Å². The lowest BCUT2D eigenvalue weighted by Gasteiger charge is -2.24. The molecule has 0 fully saturated rings. The molecule has 150 valence electrons. The number of carbonyl (C=O) groups excluding carboxylic acids is 2. The van der Waals surface area contributed by atoms with Crippen LogP contribution in [0.1, 0.15) is 38.7 Å². The maximum Gasteiger partial charge on any atom is 0.226 e. The molecule has 0 aromatic heterocycles. The number of rotatable bonds is 8. The Kier molecular flexibility index (Phi) is 7.44. The number of carbonyl (C=O) groups is 2. The maximum atomic E-state index is 12.5. The van der Waals surface area contributed by atoms with Crippen molar-refractivity contribution in [1.29, 1.82) is 0 Å². The van der Waals surface area contributed by atoms with Gasteiger partial charge in [-0.1, -0.05) is 32.0 Å². The van der Waals surface area contributed by atoms with E-state index in [4.69, 9.17) is 9.47 Å². The van der Waals surface area contributed by atoms with Crippen molar-refractivity contribution < 1.29 is 19.1 Å². The van der Waals surface area contributed by atoms with Crippen LogP contribution >= 0.6 is 0 Å². The van der Waals surface area contributed by atoms with Gasteiger partial charge < -0.3 is 19.7 Å². The first-order valence-electron chi connectivity index (χ1n) is 9.26. The lowest BCUT2D eigenvalue weighted by atomic mass is 10.0. The number of anilines is 2. The molecule has 0 saturated carbocycles. The van der Waals surface area contributed by atoms with Crippen molar-refractivity contribution in [1.82, 2.24) is 0 Å². The number of benzene rings is 2. The molecule has 2 rings (SSSR count). The second-order valence-electron chi connectivity index (χ2n) is 6.75. The van der Waals surface area contributed by atoms with Crippen LogP contribution in [0.3, 0.4) is 0 Å². The van der Waals surface area contributed by atoms with Crippen LogP contribution in [0, 0.1) is 0 Å². The van der Waals surface area contributed by atoms with Crippen LogP contribution in [-0.2, 0) is 9.59 Å². The van der Waals surface area contributed by atoms with Crippen molar-refractivity contribution in [3.8, 4) is 11.5 Å². The van der Waals surface area contributed by atoms with Crippen LogP contribution in [-0.4, -0.2) is 32.6 Å².